The second-order valence-electron chi connectivity index (χ2n) is 6.86. The summed E-state index contributed by atoms with van der Waals surface area (Å²) in [6, 6.07) is 19.8. The summed E-state index contributed by atoms with van der Waals surface area (Å²) in [5, 5.41) is 20.2. The average Bonchev–Trinajstić information content (AvgIpc) is 3.06. The molecular weight excluding hydrogens is 414 g/mol. The van der Waals surface area contributed by atoms with Gasteiger partial charge in [0, 0.05) is 21.8 Å². The van der Waals surface area contributed by atoms with E-state index in [1.165, 1.54) is 6.07 Å². The Balaban J connectivity index is 2.03. The van der Waals surface area contributed by atoms with E-state index in [4.69, 9.17) is 16.3 Å². The zero-order valence-corrected chi connectivity index (χ0v) is 17.8. The molecule has 0 spiro atoms. The van der Waals surface area contributed by atoms with E-state index in [-0.39, 0.29) is 18.0 Å². The normalized spacial score (nSPS) is 11.3. The molecule has 0 aliphatic rings. The summed E-state index contributed by atoms with van der Waals surface area (Å²) in [6.45, 7) is 3.79. The molecule has 156 valence electrons. The van der Waals surface area contributed by atoms with Gasteiger partial charge in [0.15, 0.2) is 0 Å². The van der Waals surface area contributed by atoms with Crippen molar-refractivity contribution in [2.45, 2.75) is 13.8 Å². The van der Waals surface area contributed by atoms with Crippen LogP contribution in [0.15, 0.2) is 77.0 Å². The number of fused-ring (bicyclic) bond motifs is 1. The van der Waals surface area contributed by atoms with E-state index < -0.39 is 5.97 Å². The van der Waals surface area contributed by atoms with Crippen LogP contribution in [-0.2, 0) is 4.74 Å². The Bertz CT molecular complexity index is 1300. The van der Waals surface area contributed by atoms with Gasteiger partial charge in [-0.3, -0.25) is 0 Å². The largest absolute Gasteiger partial charge is 0.506 e. The van der Waals surface area contributed by atoms with Gasteiger partial charge in [-0.15, -0.1) is 5.11 Å². The van der Waals surface area contributed by atoms with Gasteiger partial charge < -0.3 is 14.4 Å². The van der Waals surface area contributed by atoms with Crippen molar-refractivity contribution in [1.29, 1.82) is 0 Å². The first-order valence-electron chi connectivity index (χ1n) is 9.78. The van der Waals surface area contributed by atoms with Crippen molar-refractivity contribution in [3.8, 4) is 11.4 Å². The Labute approximate surface area is 184 Å². The summed E-state index contributed by atoms with van der Waals surface area (Å²) in [5.74, 6) is -0.575. The lowest BCUT2D eigenvalue weighted by molar-refractivity contribution is 0.0527. The van der Waals surface area contributed by atoms with Gasteiger partial charge in [0.1, 0.15) is 11.4 Å². The third kappa shape index (κ3) is 3.90. The maximum absolute atomic E-state index is 12.9. The van der Waals surface area contributed by atoms with Gasteiger partial charge in [-0.1, -0.05) is 35.9 Å². The molecule has 0 radical (unpaired) electrons. The van der Waals surface area contributed by atoms with Crippen LogP contribution in [0.25, 0.3) is 16.6 Å². The fourth-order valence-electron chi connectivity index (χ4n) is 3.58. The molecular formula is C24H20ClN3O3. The van der Waals surface area contributed by atoms with E-state index in [2.05, 4.69) is 10.2 Å². The van der Waals surface area contributed by atoms with Crippen molar-refractivity contribution in [3.05, 3.63) is 83.0 Å². The van der Waals surface area contributed by atoms with Crippen molar-refractivity contribution in [2.24, 2.45) is 10.2 Å². The van der Waals surface area contributed by atoms with Gasteiger partial charge in [0.2, 0.25) is 0 Å². The number of carbonyl (C=O) groups excluding carboxylic acids is 1. The number of aromatic hydroxyl groups is 1. The molecule has 0 bridgehead atoms. The van der Waals surface area contributed by atoms with Crippen molar-refractivity contribution < 1.29 is 14.6 Å². The minimum absolute atomic E-state index is 0.0824. The van der Waals surface area contributed by atoms with Crippen LogP contribution in [0.3, 0.4) is 0 Å². The zero-order chi connectivity index (χ0) is 22.0. The molecule has 1 aromatic heterocycles. The van der Waals surface area contributed by atoms with Crippen molar-refractivity contribution in [1.82, 2.24) is 4.57 Å². The Hall–Kier alpha value is -3.64. The Morgan fingerprint density at radius 3 is 2.55 bits per heavy atom. The minimum atomic E-state index is -0.493. The van der Waals surface area contributed by atoms with Crippen LogP contribution in [0.1, 0.15) is 23.0 Å². The SMILES string of the molecule is CCOC(=O)c1c(C)n(-c2cccc(Cl)c2)c2ccc(O)c(N=Nc3ccccc3)c12. The number of ether oxygens (including phenoxy) is 1. The molecule has 0 unspecified atom stereocenters. The highest BCUT2D eigenvalue weighted by Crippen LogP contribution is 2.42. The Kier molecular flexibility index (Phi) is 5.73. The van der Waals surface area contributed by atoms with Crippen LogP contribution < -0.4 is 0 Å². The Morgan fingerprint density at radius 2 is 1.84 bits per heavy atom. The van der Waals surface area contributed by atoms with Crippen LogP contribution in [0, 0.1) is 6.92 Å². The number of aromatic nitrogens is 1. The molecule has 7 heteroatoms. The lowest BCUT2D eigenvalue weighted by Crippen LogP contribution is -2.07. The molecule has 0 aliphatic carbocycles. The maximum Gasteiger partial charge on any atom is 0.340 e. The van der Waals surface area contributed by atoms with Gasteiger partial charge >= 0.3 is 5.97 Å². The number of hydrogen-bond donors (Lipinski definition) is 1. The van der Waals surface area contributed by atoms with E-state index >= 15 is 0 Å². The predicted octanol–water partition coefficient (Wildman–Crippen LogP) is 6.89. The highest BCUT2D eigenvalue weighted by Gasteiger charge is 2.26. The zero-order valence-electron chi connectivity index (χ0n) is 17.0. The van der Waals surface area contributed by atoms with E-state index in [0.717, 1.165) is 5.69 Å². The second kappa shape index (κ2) is 8.62. The number of nitrogens with zero attached hydrogens (tertiary/aromatic N) is 3. The first kappa shape index (κ1) is 20.6. The number of phenols is 1. The summed E-state index contributed by atoms with van der Waals surface area (Å²) < 4.78 is 7.21. The second-order valence-corrected chi connectivity index (χ2v) is 7.30. The number of esters is 1. The predicted molar refractivity (Wildman–Crippen MR) is 121 cm³/mol. The topological polar surface area (TPSA) is 76.2 Å². The first-order chi connectivity index (χ1) is 15.0. The molecule has 4 rings (SSSR count). The average molecular weight is 434 g/mol. The monoisotopic (exact) mass is 433 g/mol. The van der Waals surface area contributed by atoms with Gasteiger partial charge in [0.25, 0.3) is 0 Å². The van der Waals surface area contributed by atoms with Crippen LogP contribution >= 0.6 is 11.6 Å². The molecule has 0 aliphatic heterocycles. The summed E-state index contributed by atoms with van der Waals surface area (Å²) in [5.41, 5.74) is 3.27. The van der Waals surface area contributed by atoms with Crippen molar-refractivity contribution in [2.75, 3.05) is 6.61 Å². The van der Waals surface area contributed by atoms with Gasteiger partial charge in [0.05, 0.1) is 23.4 Å². The number of rotatable bonds is 5. The quantitative estimate of drug-likeness (QED) is 0.275. The molecule has 1 N–H and O–H groups in total. The lowest BCUT2D eigenvalue weighted by atomic mass is 10.1. The van der Waals surface area contributed by atoms with E-state index in [1.54, 1.807) is 37.3 Å². The van der Waals surface area contributed by atoms with Crippen LogP contribution in [0.4, 0.5) is 11.4 Å². The molecule has 1 heterocycles. The summed E-state index contributed by atoms with van der Waals surface area (Å²) in [7, 11) is 0. The highest BCUT2D eigenvalue weighted by atomic mass is 35.5. The molecule has 6 nitrogen and oxygen atoms in total. The first-order valence-corrected chi connectivity index (χ1v) is 10.2. The smallest absolute Gasteiger partial charge is 0.340 e. The number of carbonyl (C=O) groups is 1. The number of azo groups is 1. The van der Waals surface area contributed by atoms with Crippen LogP contribution in [0.2, 0.25) is 5.02 Å². The summed E-state index contributed by atoms with van der Waals surface area (Å²) >= 11 is 6.21. The van der Waals surface area contributed by atoms with Crippen molar-refractivity contribution >= 4 is 39.8 Å². The molecule has 0 fully saturated rings. The van der Waals surface area contributed by atoms with Gasteiger partial charge in [-0.2, -0.15) is 5.11 Å². The van der Waals surface area contributed by atoms with E-state index in [0.29, 0.717) is 32.9 Å². The lowest BCUT2D eigenvalue weighted by Gasteiger charge is -2.09. The number of hydrogen-bond acceptors (Lipinski definition) is 5. The van der Waals surface area contributed by atoms with Gasteiger partial charge in [-0.25, -0.2) is 4.79 Å². The summed E-state index contributed by atoms with van der Waals surface area (Å²) in [4.78, 5) is 12.9. The number of phenolic OH excluding ortho intramolecular Hbond substituents is 1. The molecule has 0 saturated carbocycles. The third-order valence-corrected chi connectivity index (χ3v) is 5.13. The maximum atomic E-state index is 12.9. The molecule has 4 aromatic rings. The number of benzene rings is 3. The molecule has 0 amide bonds. The highest BCUT2D eigenvalue weighted by molar-refractivity contribution is 6.30. The van der Waals surface area contributed by atoms with Crippen molar-refractivity contribution in [3.63, 3.8) is 0 Å². The van der Waals surface area contributed by atoms with Gasteiger partial charge in [-0.05, 0) is 56.3 Å². The van der Waals surface area contributed by atoms with Crippen LogP contribution in [0.5, 0.6) is 5.75 Å². The standard InChI is InChI=1S/C24H20ClN3O3/c1-3-31-24(30)21-15(2)28(18-11-7-8-16(25)14-18)19-12-13-20(29)23(22(19)21)27-26-17-9-5-4-6-10-17/h4-14,29H,3H2,1-2H3. The molecule has 3 aromatic carbocycles. The molecule has 0 atom stereocenters. The van der Waals surface area contributed by atoms with E-state index in [9.17, 15) is 9.90 Å². The Morgan fingerprint density at radius 1 is 1.06 bits per heavy atom. The fourth-order valence-corrected chi connectivity index (χ4v) is 3.76. The van der Waals surface area contributed by atoms with E-state index in [1.807, 2.05) is 41.8 Å². The molecule has 0 saturated heterocycles. The summed E-state index contributed by atoms with van der Waals surface area (Å²) in [6.07, 6.45) is 0. The third-order valence-electron chi connectivity index (χ3n) is 4.89. The minimum Gasteiger partial charge on any atom is -0.506 e. The van der Waals surface area contributed by atoms with Crippen LogP contribution in [-0.4, -0.2) is 22.2 Å². The molecule has 31 heavy (non-hydrogen) atoms. The number of halogens is 1. The fraction of sp³-hybridized carbons (Fsp3) is 0.125.